The summed E-state index contributed by atoms with van der Waals surface area (Å²) in [6, 6.07) is 0.265. The molecule has 8 nitrogen and oxygen atoms in total. The molecule has 1 N–H and O–H groups in total. The largest absolute Gasteiger partial charge is 0.388 e. The molecule has 0 bridgehead atoms. The van der Waals surface area contributed by atoms with Gasteiger partial charge in [-0.2, -0.15) is 0 Å². The van der Waals surface area contributed by atoms with Crippen molar-refractivity contribution in [2.45, 2.75) is 63.8 Å². The Morgan fingerprint density at radius 3 is 2.74 bits per heavy atom. The Labute approximate surface area is 159 Å². The van der Waals surface area contributed by atoms with Crippen LogP contribution in [-0.2, 0) is 16.0 Å². The predicted molar refractivity (Wildman–Crippen MR) is 102 cm³/mol. The monoisotopic (exact) mass is 375 g/mol. The van der Waals surface area contributed by atoms with Crippen LogP contribution in [0.5, 0.6) is 0 Å². The lowest BCUT2D eigenvalue weighted by Crippen LogP contribution is -2.54. The van der Waals surface area contributed by atoms with E-state index >= 15 is 0 Å². The second kappa shape index (κ2) is 7.00. The summed E-state index contributed by atoms with van der Waals surface area (Å²) in [5.41, 5.74) is 0.538. The van der Waals surface area contributed by atoms with Gasteiger partial charge in [0.15, 0.2) is 17.0 Å². The zero-order valence-electron chi connectivity index (χ0n) is 16.4. The van der Waals surface area contributed by atoms with Crippen LogP contribution >= 0.6 is 0 Å². The summed E-state index contributed by atoms with van der Waals surface area (Å²) in [5, 5.41) is 10.9. The highest BCUT2D eigenvalue weighted by Gasteiger charge is 2.36. The molecule has 1 atom stereocenters. The second-order valence-corrected chi connectivity index (χ2v) is 8.34. The molecule has 0 saturated carbocycles. The van der Waals surface area contributed by atoms with E-state index < -0.39 is 5.60 Å². The third-order valence-corrected chi connectivity index (χ3v) is 5.67. The summed E-state index contributed by atoms with van der Waals surface area (Å²) >= 11 is 0. The van der Waals surface area contributed by atoms with Gasteiger partial charge in [0.1, 0.15) is 6.33 Å². The number of morpholine rings is 1. The summed E-state index contributed by atoms with van der Waals surface area (Å²) in [6.07, 6.45) is 5.59. The molecule has 148 valence electrons. The molecule has 8 heteroatoms. The summed E-state index contributed by atoms with van der Waals surface area (Å²) in [7, 11) is 0. The van der Waals surface area contributed by atoms with Crippen LogP contribution in [0.2, 0.25) is 0 Å². The van der Waals surface area contributed by atoms with Crippen molar-refractivity contribution < 1.29 is 14.6 Å². The van der Waals surface area contributed by atoms with Crippen LogP contribution in [0.4, 0.5) is 5.82 Å². The van der Waals surface area contributed by atoms with Crippen LogP contribution in [0, 0.1) is 0 Å². The number of fused-ring (bicyclic) bond motifs is 1. The van der Waals surface area contributed by atoms with Crippen LogP contribution in [0.25, 0.3) is 11.2 Å². The first-order chi connectivity index (χ1) is 12.9. The number of hydrogen-bond acceptors (Lipinski definition) is 7. The van der Waals surface area contributed by atoms with Crippen LogP contribution in [-0.4, -0.2) is 68.2 Å². The van der Waals surface area contributed by atoms with Gasteiger partial charge in [-0.1, -0.05) is 6.92 Å². The van der Waals surface area contributed by atoms with Gasteiger partial charge >= 0.3 is 0 Å². The van der Waals surface area contributed by atoms with Crippen LogP contribution in [0.15, 0.2) is 12.7 Å². The van der Waals surface area contributed by atoms with Gasteiger partial charge in [-0.05, 0) is 20.3 Å². The fourth-order valence-electron chi connectivity index (χ4n) is 4.00. The first-order valence-electron chi connectivity index (χ1n) is 9.77. The molecular formula is C19H29N5O3. The van der Waals surface area contributed by atoms with Crippen molar-refractivity contribution >= 4 is 17.0 Å². The molecule has 4 heterocycles. The lowest BCUT2D eigenvalue weighted by molar-refractivity contribution is -0.0723. The van der Waals surface area contributed by atoms with E-state index in [1.807, 2.05) is 4.57 Å². The molecule has 27 heavy (non-hydrogen) atoms. The summed E-state index contributed by atoms with van der Waals surface area (Å²) < 4.78 is 13.3. The van der Waals surface area contributed by atoms with E-state index in [0.29, 0.717) is 39.2 Å². The van der Waals surface area contributed by atoms with E-state index in [1.165, 1.54) is 0 Å². The van der Waals surface area contributed by atoms with Crippen molar-refractivity contribution in [1.82, 2.24) is 19.5 Å². The number of aliphatic hydroxyl groups is 1. The number of rotatable bonds is 4. The summed E-state index contributed by atoms with van der Waals surface area (Å²) in [6.45, 7) is 9.44. The van der Waals surface area contributed by atoms with Gasteiger partial charge in [0.05, 0.1) is 36.7 Å². The van der Waals surface area contributed by atoms with E-state index in [2.05, 4.69) is 40.6 Å². The highest BCUT2D eigenvalue weighted by molar-refractivity contribution is 5.83. The molecule has 4 rings (SSSR count). The van der Waals surface area contributed by atoms with E-state index in [4.69, 9.17) is 9.47 Å². The Morgan fingerprint density at radius 2 is 2.00 bits per heavy atom. The van der Waals surface area contributed by atoms with Gasteiger partial charge < -0.3 is 24.0 Å². The van der Waals surface area contributed by atoms with Gasteiger partial charge in [-0.3, -0.25) is 0 Å². The molecule has 2 fully saturated rings. The molecule has 2 aromatic heterocycles. The number of hydrogen-bond donors (Lipinski definition) is 1. The minimum absolute atomic E-state index is 0.233. The standard InChI is InChI=1S/C19H29N5O3/c1-4-14-9-27-18(2,3)10-24(14)17-15-16(20-12-21-17)23(13-22-15)11-19(25)5-7-26-8-6-19/h12-14,25H,4-11H2,1-3H3. The maximum atomic E-state index is 10.9. The molecule has 1 unspecified atom stereocenters. The lowest BCUT2D eigenvalue weighted by atomic mass is 9.94. The van der Waals surface area contributed by atoms with Crippen molar-refractivity contribution in [3.05, 3.63) is 12.7 Å². The third-order valence-electron chi connectivity index (χ3n) is 5.67. The van der Waals surface area contributed by atoms with E-state index in [-0.39, 0.29) is 11.6 Å². The molecular weight excluding hydrogens is 346 g/mol. The average molecular weight is 375 g/mol. The average Bonchev–Trinajstić information content (AvgIpc) is 3.04. The maximum absolute atomic E-state index is 10.9. The van der Waals surface area contributed by atoms with E-state index in [1.54, 1.807) is 12.7 Å². The predicted octanol–water partition coefficient (Wildman–Crippen LogP) is 1.76. The normalized spacial score (nSPS) is 25.0. The van der Waals surface area contributed by atoms with Gasteiger partial charge in [0.2, 0.25) is 0 Å². The zero-order valence-corrected chi connectivity index (χ0v) is 16.4. The van der Waals surface area contributed by atoms with Crippen LogP contribution in [0.3, 0.4) is 0 Å². The Hall–Kier alpha value is -1.77. The fraction of sp³-hybridized carbons (Fsp3) is 0.737. The minimum atomic E-state index is -0.774. The van der Waals surface area contributed by atoms with E-state index in [9.17, 15) is 5.11 Å². The molecule has 2 aromatic rings. The molecule has 2 saturated heterocycles. The Bertz CT molecular complexity index is 800. The maximum Gasteiger partial charge on any atom is 0.165 e. The number of anilines is 1. The van der Waals surface area contributed by atoms with Crippen molar-refractivity contribution in [2.75, 3.05) is 31.3 Å². The molecule has 0 radical (unpaired) electrons. The molecule has 0 aromatic carbocycles. The number of aromatic nitrogens is 4. The zero-order chi connectivity index (χ0) is 19.1. The minimum Gasteiger partial charge on any atom is -0.388 e. The Balaban J connectivity index is 1.68. The van der Waals surface area contributed by atoms with Crippen molar-refractivity contribution in [3.8, 4) is 0 Å². The van der Waals surface area contributed by atoms with Crippen LogP contribution in [0.1, 0.15) is 40.0 Å². The van der Waals surface area contributed by atoms with Gasteiger partial charge in [0.25, 0.3) is 0 Å². The lowest BCUT2D eigenvalue weighted by Gasteiger charge is -2.44. The Kier molecular flexibility index (Phi) is 4.82. The van der Waals surface area contributed by atoms with Crippen LogP contribution < -0.4 is 4.90 Å². The topological polar surface area (TPSA) is 85.5 Å². The fourth-order valence-corrected chi connectivity index (χ4v) is 4.00. The van der Waals surface area contributed by atoms with E-state index in [0.717, 1.165) is 29.9 Å². The molecule has 2 aliphatic heterocycles. The Morgan fingerprint density at radius 1 is 1.22 bits per heavy atom. The highest BCUT2D eigenvalue weighted by atomic mass is 16.5. The molecule has 0 amide bonds. The molecule has 0 spiro atoms. The van der Waals surface area contributed by atoms with Crippen molar-refractivity contribution in [2.24, 2.45) is 0 Å². The molecule has 2 aliphatic rings. The van der Waals surface area contributed by atoms with Gasteiger partial charge in [-0.15, -0.1) is 0 Å². The van der Waals surface area contributed by atoms with Gasteiger partial charge in [-0.25, -0.2) is 15.0 Å². The molecule has 0 aliphatic carbocycles. The smallest absolute Gasteiger partial charge is 0.165 e. The quantitative estimate of drug-likeness (QED) is 0.871. The highest BCUT2D eigenvalue weighted by Crippen LogP contribution is 2.31. The summed E-state index contributed by atoms with van der Waals surface area (Å²) in [5.74, 6) is 0.848. The second-order valence-electron chi connectivity index (χ2n) is 8.34. The number of nitrogens with zero attached hydrogens (tertiary/aromatic N) is 5. The SMILES string of the molecule is CCC1COC(C)(C)CN1c1ncnc2c1ncn2CC1(O)CCOCC1. The van der Waals surface area contributed by atoms with Crippen molar-refractivity contribution in [3.63, 3.8) is 0 Å². The number of imidazole rings is 1. The summed E-state index contributed by atoms with van der Waals surface area (Å²) in [4.78, 5) is 16.0. The first kappa shape index (κ1) is 18.6. The van der Waals surface area contributed by atoms with Gasteiger partial charge in [0, 0.05) is 32.6 Å². The number of ether oxygens (including phenoxy) is 2. The van der Waals surface area contributed by atoms with Crippen molar-refractivity contribution in [1.29, 1.82) is 0 Å². The first-order valence-corrected chi connectivity index (χ1v) is 9.77. The third kappa shape index (κ3) is 3.66.